The minimum Gasteiger partial charge on any atom is -0.367 e. The predicted octanol–water partition coefficient (Wildman–Crippen LogP) is 3.87. The maximum Gasteiger partial charge on any atom is 0.102 e. The summed E-state index contributed by atoms with van der Waals surface area (Å²) in [6.45, 7) is 3.09. The number of nitrogens with one attached hydrogen (secondary N) is 1. The van der Waals surface area contributed by atoms with E-state index in [0.717, 1.165) is 13.0 Å². The highest BCUT2D eigenvalue weighted by atomic mass is 16.5. The van der Waals surface area contributed by atoms with Gasteiger partial charge < -0.3 is 10.1 Å². The molecule has 0 amide bonds. The van der Waals surface area contributed by atoms with Gasteiger partial charge in [0.05, 0.1) is 12.1 Å². The normalized spacial score (nSPS) is 26.4. The molecule has 0 aliphatic carbocycles. The largest absolute Gasteiger partial charge is 0.367 e. The third-order valence-electron chi connectivity index (χ3n) is 3.95. The molecule has 1 aliphatic heterocycles. The molecule has 1 heterocycles. The molecule has 3 unspecified atom stereocenters. The van der Waals surface area contributed by atoms with Crippen LogP contribution in [0.15, 0.2) is 60.7 Å². The summed E-state index contributed by atoms with van der Waals surface area (Å²) in [5, 5.41) is 3.66. The van der Waals surface area contributed by atoms with Crippen LogP contribution >= 0.6 is 0 Å². The summed E-state index contributed by atoms with van der Waals surface area (Å²) in [4.78, 5) is 0. The Morgan fingerprint density at radius 3 is 2.15 bits per heavy atom. The van der Waals surface area contributed by atoms with E-state index in [0.29, 0.717) is 6.10 Å². The van der Waals surface area contributed by atoms with E-state index in [1.807, 2.05) is 0 Å². The number of rotatable bonds is 3. The minimum atomic E-state index is 0.0808. The first kappa shape index (κ1) is 13.3. The van der Waals surface area contributed by atoms with Gasteiger partial charge in [-0.15, -0.1) is 0 Å². The van der Waals surface area contributed by atoms with Crippen LogP contribution in [0.1, 0.15) is 36.6 Å². The molecule has 0 bridgehead atoms. The van der Waals surface area contributed by atoms with Crippen LogP contribution < -0.4 is 5.32 Å². The summed E-state index contributed by atoms with van der Waals surface area (Å²) in [5.41, 5.74) is 2.53. The molecule has 104 valence electrons. The standard InChI is InChI=1S/C18H21NO/c1-2-16-13-19-17(14-9-5-3-6-10-14)18(20-16)15-11-7-4-8-12-15/h3-12,16-19H,2,13H2,1H3. The Morgan fingerprint density at radius 1 is 0.950 bits per heavy atom. The van der Waals surface area contributed by atoms with Gasteiger partial charge in [0, 0.05) is 6.54 Å². The van der Waals surface area contributed by atoms with Crippen LogP contribution in [0.25, 0.3) is 0 Å². The Labute approximate surface area is 120 Å². The molecule has 2 aromatic rings. The lowest BCUT2D eigenvalue weighted by Crippen LogP contribution is -2.42. The second kappa shape index (κ2) is 6.21. The van der Waals surface area contributed by atoms with Gasteiger partial charge in [-0.25, -0.2) is 0 Å². The molecule has 1 aliphatic rings. The van der Waals surface area contributed by atoms with E-state index in [4.69, 9.17) is 4.74 Å². The lowest BCUT2D eigenvalue weighted by atomic mass is 9.93. The van der Waals surface area contributed by atoms with Crippen molar-refractivity contribution in [1.82, 2.24) is 5.32 Å². The van der Waals surface area contributed by atoms with Crippen molar-refractivity contribution >= 4 is 0 Å². The minimum absolute atomic E-state index is 0.0808. The Morgan fingerprint density at radius 2 is 1.55 bits per heavy atom. The Hall–Kier alpha value is -1.64. The van der Waals surface area contributed by atoms with Gasteiger partial charge in [-0.05, 0) is 17.5 Å². The summed E-state index contributed by atoms with van der Waals surface area (Å²) >= 11 is 0. The average Bonchev–Trinajstić information content (AvgIpc) is 2.56. The second-order valence-corrected chi connectivity index (χ2v) is 5.29. The van der Waals surface area contributed by atoms with Crippen LogP contribution in [0.5, 0.6) is 0 Å². The molecule has 3 rings (SSSR count). The maximum atomic E-state index is 6.33. The third kappa shape index (κ3) is 2.77. The van der Waals surface area contributed by atoms with E-state index in [9.17, 15) is 0 Å². The lowest BCUT2D eigenvalue weighted by molar-refractivity contribution is -0.0673. The molecule has 1 fully saturated rings. The number of ether oxygens (including phenoxy) is 1. The molecule has 1 saturated heterocycles. The van der Waals surface area contributed by atoms with E-state index in [1.165, 1.54) is 11.1 Å². The van der Waals surface area contributed by atoms with Crippen LogP contribution in [-0.2, 0) is 4.74 Å². The van der Waals surface area contributed by atoms with Crippen LogP contribution in [0.2, 0.25) is 0 Å². The fourth-order valence-corrected chi connectivity index (χ4v) is 2.81. The molecule has 2 heteroatoms. The molecule has 0 aromatic heterocycles. The quantitative estimate of drug-likeness (QED) is 0.911. The van der Waals surface area contributed by atoms with Crippen molar-refractivity contribution in [2.24, 2.45) is 0 Å². The SMILES string of the molecule is CCC1CNC(c2ccccc2)C(c2ccccc2)O1. The third-order valence-corrected chi connectivity index (χ3v) is 3.95. The first-order valence-electron chi connectivity index (χ1n) is 7.37. The topological polar surface area (TPSA) is 21.3 Å². The maximum absolute atomic E-state index is 6.33. The molecule has 0 spiro atoms. The highest BCUT2D eigenvalue weighted by molar-refractivity contribution is 5.27. The Bertz CT molecular complexity index is 526. The van der Waals surface area contributed by atoms with E-state index < -0.39 is 0 Å². The molecule has 2 aromatic carbocycles. The summed E-state index contributed by atoms with van der Waals surface area (Å²) in [5.74, 6) is 0. The van der Waals surface area contributed by atoms with Crippen molar-refractivity contribution in [3.05, 3.63) is 71.8 Å². The van der Waals surface area contributed by atoms with Crippen molar-refractivity contribution < 1.29 is 4.74 Å². The van der Waals surface area contributed by atoms with Crippen LogP contribution in [0, 0.1) is 0 Å². The van der Waals surface area contributed by atoms with Gasteiger partial charge in [0.25, 0.3) is 0 Å². The Kier molecular flexibility index (Phi) is 4.14. The zero-order chi connectivity index (χ0) is 13.8. The number of morpholine rings is 1. The predicted molar refractivity (Wildman–Crippen MR) is 81.5 cm³/mol. The van der Waals surface area contributed by atoms with Crippen molar-refractivity contribution in [3.63, 3.8) is 0 Å². The Balaban J connectivity index is 1.91. The first-order valence-corrected chi connectivity index (χ1v) is 7.37. The van der Waals surface area contributed by atoms with Crippen molar-refractivity contribution in [2.75, 3.05) is 6.54 Å². The molecule has 3 atom stereocenters. The van der Waals surface area contributed by atoms with E-state index >= 15 is 0 Å². The summed E-state index contributed by atoms with van der Waals surface area (Å²) in [6.07, 6.45) is 1.41. The van der Waals surface area contributed by atoms with Crippen LogP contribution in [-0.4, -0.2) is 12.6 Å². The van der Waals surface area contributed by atoms with Crippen molar-refractivity contribution in [1.29, 1.82) is 0 Å². The number of benzene rings is 2. The van der Waals surface area contributed by atoms with Crippen molar-refractivity contribution in [2.45, 2.75) is 31.6 Å². The molecule has 0 radical (unpaired) electrons. The van der Waals surface area contributed by atoms with Gasteiger partial charge >= 0.3 is 0 Å². The fourth-order valence-electron chi connectivity index (χ4n) is 2.81. The average molecular weight is 267 g/mol. The monoisotopic (exact) mass is 267 g/mol. The molecule has 20 heavy (non-hydrogen) atoms. The summed E-state index contributed by atoms with van der Waals surface area (Å²) in [6, 6.07) is 21.3. The van der Waals surface area contributed by atoms with Crippen LogP contribution in [0.4, 0.5) is 0 Å². The van der Waals surface area contributed by atoms with Crippen molar-refractivity contribution in [3.8, 4) is 0 Å². The molecular formula is C18H21NO. The van der Waals surface area contributed by atoms with Gasteiger partial charge in [-0.1, -0.05) is 67.6 Å². The second-order valence-electron chi connectivity index (χ2n) is 5.29. The summed E-state index contributed by atoms with van der Waals surface area (Å²) < 4.78 is 6.33. The van der Waals surface area contributed by atoms with Gasteiger partial charge in [-0.2, -0.15) is 0 Å². The van der Waals surface area contributed by atoms with Gasteiger partial charge in [0.1, 0.15) is 6.10 Å². The summed E-state index contributed by atoms with van der Waals surface area (Å²) in [7, 11) is 0. The highest BCUT2D eigenvalue weighted by Gasteiger charge is 2.32. The number of hydrogen-bond acceptors (Lipinski definition) is 2. The van der Waals surface area contributed by atoms with E-state index in [1.54, 1.807) is 0 Å². The van der Waals surface area contributed by atoms with E-state index in [-0.39, 0.29) is 12.1 Å². The van der Waals surface area contributed by atoms with Crippen LogP contribution in [0.3, 0.4) is 0 Å². The zero-order valence-electron chi connectivity index (χ0n) is 11.8. The molecular weight excluding hydrogens is 246 g/mol. The number of hydrogen-bond donors (Lipinski definition) is 1. The fraction of sp³-hybridized carbons (Fsp3) is 0.333. The molecule has 0 saturated carbocycles. The highest BCUT2D eigenvalue weighted by Crippen LogP contribution is 2.36. The molecule has 2 nitrogen and oxygen atoms in total. The van der Waals surface area contributed by atoms with Gasteiger partial charge in [0.15, 0.2) is 0 Å². The van der Waals surface area contributed by atoms with Gasteiger partial charge in [-0.3, -0.25) is 0 Å². The molecule has 1 N–H and O–H groups in total. The van der Waals surface area contributed by atoms with Gasteiger partial charge in [0.2, 0.25) is 0 Å². The zero-order valence-corrected chi connectivity index (χ0v) is 11.8. The lowest BCUT2D eigenvalue weighted by Gasteiger charge is -2.38. The van der Waals surface area contributed by atoms with E-state index in [2.05, 4.69) is 72.9 Å². The first-order chi connectivity index (χ1) is 9.88. The smallest absolute Gasteiger partial charge is 0.102 e.